The van der Waals surface area contributed by atoms with Crippen LogP contribution in [0.4, 0.5) is 0 Å². The van der Waals surface area contributed by atoms with Crippen molar-refractivity contribution in [3.8, 4) is 11.1 Å². The van der Waals surface area contributed by atoms with Crippen LogP contribution in [-0.2, 0) is 23.4 Å². The summed E-state index contributed by atoms with van der Waals surface area (Å²) in [4.78, 5) is 51.9. The van der Waals surface area contributed by atoms with Crippen molar-refractivity contribution < 1.29 is 27.7 Å². The van der Waals surface area contributed by atoms with E-state index in [0.717, 1.165) is 39.2 Å². The van der Waals surface area contributed by atoms with Crippen LogP contribution in [0.15, 0.2) is 96.2 Å². The number of aryl methyl sites for hydroxylation is 2. The lowest BCUT2D eigenvalue weighted by Crippen LogP contribution is -2.41. The van der Waals surface area contributed by atoms with Gasteiger partial charge in [0.1, 0.15) is 0 Å². The predicted molar refractivity (Wildman–Crippen MR) is 191 cm³/mol. The topological polar surface area (TPSA) is 149 Å². The Morgan fingerprint density at radius 2 is 1.20 bits per heavy atom. The molecule has 0 radical (unpaired) electrons. The molecule has 1 fully saturated rings. The molecule has 49 heavy (non-hydrogen) atoms. The van der Waals surface area contributed by atoms with Crippen LogP contribution < -0.4 is 17.0 Å². The Kier molecular flexibility index (Phi) is 11.1. The van der Waals surface area contributed by atoms with Gasteiger partial charge in [0, 0.05) is 65.5 Å². The molecule has 0 N–H and O–H groups in total. The Morgan fingerprint density at radius 1 is 0.694 bits per heavy atom. The van der Waals surface area contributed by atoms with Crippen LogP contribution in [0.1, 0.15) is 55.8 Å². The van der Waals surface area contributed by atoms with Crippen molar-refractivity contribution in [2.24, 2.45) is 14.1 Å². The number of hydrogen-bond donors (Lipinski definition) is 0. The number of aldehydes is 2. The first-order valence-corrected chi connectivity index (χ1v) is 15.5. The van der Waals surface area contributed by atoms with E-state index in [4.69, 9.17) is 18.1 Å². The minimum Gasteiger partial charge on any atom is -0.408 e. The maximum atomic E-state index is 11.4. The van der Waals surface area contributed by atoms with Crippen LogP contribution in [0.3, 0.4) is 0 Å². The van der Waals surface area contributed by atoms with E-state index in [1.165, 1.54) is 21.5 Å². The number of nitrogens with zero attached hydrogens (tertiary/aromatic N) is 4. The second-order valence-corrected chi connectivity index (χ2v) is 12.9. The fourth-order valence-corrected chi connectivity index (χ4v) is 5.08. The van der Waals surface area contributed by atoms with Gasteiger partial charge in [-0.05, 0) is 75.7 Å². The maximum absolute atomic E-state index is 11.4. The lowest BCUT2D eigenvalue weighted by atomic mass is 9.80. The number of hydrogen-bond acceptors (Lipinski definition) is 10. The van der Waals surface area contributed by atoms with Crippen LogP contribution >= 0.6 is 15.9 Å². The Labute approximate surface area is 291 Å². The molecule has 0 spiro atoms. The van der Waals surface area contributed by atoms with Crippen molar-refractivity contribution in [1.82, 2.24) is 19.1 Å². The number of aromatic nitrogens is 4. The Bertz CT molecular complexity index is 2240. The summed E-state index contributed by atoms with van der Waals surface area (Å²) in [7, 11) is 2.87. The van der Waals surface area contributed by atoms with Gasteiger partial charge in [0.2, 0.25) is 0 Å². The number of carbonyl (C=O) groups excluding carboxylic acids is 2. The number of pyridine rings is 2. The van der Waals surface area contributed by atoms with Crippen LogP contribution in [0.25, 0.3) is 33.3 Å². The summed E-state index contributed by atoms with van der Waals surface area (Å²) in [5, 5.41) is 0. The molecule has 0 amide bonds. The molecule has 2 aromatic carbocycles. The molecule has 6 aromatic rings. The standard InChI is InChI=1S/C14H10N2O3.C12H16BNO3.C8H6BrNO2.CH4/c1-16-12-5-10(2-3-13(12)19-14(16)18)11-4-9(8-17)6-15-7-11;1-11(2)12(3,4)17-13(16-11)10-5-9(8-15)6-14-7-10;1-10-6-4-5(9)2-3-7(6)12-8(10)11;/h2-8H,1H3;5-8H,1-4H3;2-4H,1H3;1H4. The van der Waals surface area contributed by atoms with Crippen molar-refractivity contribution >= 4 is 63.3 Å². The molecule has 7 rings (SSSR count). The molecule has 5 heterocycles. The third-order valence-electron chi connectivity index (χ3n) is 8.22. The van der Waals surface area contributed by atoms with Crippen molar-refractivity contribution in [3.63, 3.8) is 0 Å². The number of benzene rings is 2. The van der Waals surface area contributed by atoms with E-state index in [1.807, 2.05) is 52.0 Å². The van der Waals surface area contributed by atoms with Gasteiger partial charge < -0.3 is 18.1 Å². The second-order valence-electron chi connectivity index (χ2n) is 12.0. The number of halogens is 1. The van der Waals surface area contributed by atoms with E-state index in [9.17, 15) is 19.2 Å². The fraction of sp³-hybridized carbons (Fsp3) is 0.257. The first-order chi connectivity index (χ1) is 22.7. The molecule has 14 heteroatoms. The highest BCUT2D eigenvalue weighted by atomic mass is 79.9. The van der Waals surface area contributed by atoms with Gasteiger partial charge in [-0.15, -0.1) is 0 Å². The summed E-state index contributed by atoms with van der Waals surface area (Å²) < 4.78 is 25.6. The molecule has 0 saturated carbocycles. The smallest absolute Gasteiger partial charge is 0.408 e. The molecule has 1 aliphatic rings. The number of fused-ring (bicyclic) bond motifs is 2. The number of rotatable bonds is 4. The van der Waals surface area contributed by atoms with Gasteiger partial charge in [0.05, 0.1) is 22.2 Å². The molecule has 0 atom stereocenters. The first kappa shape index (κ1) is 36.9. The summed E-state index contributed by atoms with van der Waals surface area (Å²) in [5.74, 6) is -0.727. The molecule has 0 unspecified atom stereocenters. The molecular formula is C35H36BBrN4O8. The van der Waals surface area contributed by atoms with Gasteiger partial charge in [0.15, 0.2) is 23.7 Å². The molecule has 4 aromatic heterocycles. The lowest BCUT2D eigenvalue weighted by Gasteiger charge is -2.32. The number of oxazole rings is 2. The average Bonchev–Trinajstić information content (AvgIpc) is 3.61. The zero-order valence-corrected chi connectivity index (χ0v) is 28.7. The van der Waals surface area contributed by atoms with E-state index in [1.54, 1.807) is 50.8 Å². The van der Waals surface area contributed by atoms with E-state index >= 15 is 0 Å². The van der Waals surface area contributed by atoms with Crippen LogP contribution in [0.5, 0.6) is 0 Å². The monoisotopic (exact) mass is 730 g/mol. The summed E-state index contributed by atoms with van der Waals surface area (Å²) in [6.07, 6.45) is 7.87. The molecule has 1 saturated heterocycles. The highest BCUT2D eigenvalue weighted by Gasteiger charge is 2.51. The van der Waals surface area contributed by atoms with E-state index in [0.29, 0.717) is 27.8 Å². The Balaban J connectivity index is 0.000000168. The van der Waals surface area contributed by atoms with Gasteiger partial charge in [-0.2, -0.15) is 0 Å². The minimum absolute atomic E-state index is 0. The van der Waals surface area contributed by atoms with Crippen molar-refractivity contribution in [3.05, 3.63) is 110 Å². The van der Waals surface area contributed by atoms with Crippen molar-refractivity contribution in [1.29, 1.82) is 0 Å². The van der Waals surface area contributed by atoms with Gasteiger partial charge in [0.25, 0.3) is 0 Å². The summed E-state index contributed by atoms with van der Waals surface area (Å²) in [6.45, 7) is 7.96. The molecule has 1 aliphatic heterocycles. The third kappa shape index (κ3) is 7.88. The fourth-order valence-electron chi connectivity index (χ4n) is 4.73. The minimum atomic E-state index is -0.465. The molecule has 0 aliphatic carbocycles. The third-order valence-corrected chi connectivity index (χ3v) is 8.71. The van der Waals surface area contributed by atoms with Gasteiger partial charge >= 0.3 is 18.6 Å². The number of carbonyl (C=O) groups is 2. The van der Waals surface area contributed by atoms with Crippen LogP contribution in [0, 0.1) is 0 Å². The Hall–Kier alpha value is -4.92. The summed E-state index contributed by atoms with van der Waals surface area (Å²) in [5.41, 5.74) is 5.41. The Morgan fingerprint density at radius 3 is 1.78 bits per heavy atom. The van der Waals surface area contributed by atoms with Crippen molar-refractivity contribution in [2.75, 3.05) is 0 Å². The summed E-state index contributed by atoms with van der Waals surface area (Å²) >= 11 is 3.32. The quantitative estimate of drug-likeness (QED) is 0.163. The lowest BCUT2D eigenvalue weighted by molar-refractivity contribution is 0.00578. The van der Waals surface area contributed by atoms with Crippen molar-refractivity contribution in [2.45, 2.75) is 46.3 Å². The highest BCUT2D eigenvalue weighted by molar-refractivity contribution is 9.10. The SMILES string of the molecule is C.CC1(C)OB(c2cncc(C=O)c2)OC1(C)C.Cn1c(=O)oc2ccc(-c3cncc(C=O)c3)cc21.Cn1c(=O)oc2ccc(Br)cc21. The molecule has 254 valence electrons. The van der Waals surface area contributed by atoms with Crippen LogP contribution in [0.2, 0.25) is 0 Å². The van der Waals surface area contributed by atoms with Gasteiger partial charge in [-0.1, -0.05) is 29.4 Å². The zero-order chi connectivity index (χ0) is 34.8. The molecular weight excluding hydrogens is 695 g/mol. The second kappa shape index (κ2) is 14.7. The first-order valence-electron chi connectivity index (χ1n) is 14.7. The average molecular weight is 731 g/mol. The zero-order valence-electron chi connectivity index (χ0n) is 27.1. The summed E-state index contributed by atoms with van der Waals surface area (Å²) in [6, 6.07) is 14.3. The predicted octanol–water partition coefficient (Wildman–Crippen LogP) is 5.73. The van der Waals surface area contributed by atoms with E-state index in [2.05, 4.69) is 25.9 Å². The molecule has 12 nitrogen and oxygen atoms in total. The molecule has 0 bridgehead atoms. The van der Waals surface area contributed by atoms with E-state index < -0.39 is 12.9 Å². The highest BCUT2D eigenvalue weighted by Crippen LogP contribution is 2.36. The normalized spacial score (nSPS) is 14.3. The van der Waals surface area contributed by atoms with Gasteiger partial charge in [-0.3, -0.25) is 28.7 Å². The maximum Gasteiger partial charge on any atom is 0.496 e. The largest absolute Gasteiger partial charge is 0.496 e. The van der Waals surface area contributed by atoms with E-state index in [-0.39, 0.29) is 24.4 Å². The van der Waals surface area contributed by atoms with Crippen LogP contribution in [-0.4, -0.2) is 50.0 Å². The van der Waals surface area contributed by atoms with Gasteiger partial charge in [-0.25, -0.2) is 9.59 Å².